The fourth-order valence-corrected chi connectivity index (χ4v) is 1.24. The first-order valence-corrected chi connectivity index (χ1v) is 5.40. The van der Waals surface area contributed by atoms with E-state index >= 15 is 0 Å². The van der Waals surface area contributed by atoms with Gasteiger partial charge in [0.05, 0.1) is 6.54 Å². The lowest BCUT2D eigenvalue weighted by Crippen LogP contribution is -2.63. The van der Waals surface area contributed by atoms with Crippen molar-refractivity contribution in [3.8, 4) is 0 Å². The number of alkyl halides is 3. The number of carbonyl (C=O) groups is 2. The van der Waals surface area contributed by atoms with Crippen LogP contribution < -0.4 is 10.6 Å². The van der Waals surface area contributed by atoms with Crippen molar-refractivity contribution in [3.63, 3.8) is 0 Å². The number of urea groups is 1. The predicted molar refractivity (Wildman–Crippen MR) is 60.7 cm³/mol. The van der Waals surface area contributed by atoms with Gasteiger partial charge in [0.15, 0.2) is 0 Å². The van der Waals surface area contributed by atoms with Gasteiger partial charge in [0.2, 0.25) is 5.54 Å². The number of rotatable bonds is 4. The molecule has 3 N–H and O–H groups in total. The van der Waals surface area contributed by atoms with Crippen LogP contribution in [0.2, 0.25) is 0 Å². The fourth-order valence-electron chi connectivity index (χ4n) is 1.24. The number of carboxylic acids is 1. The van der Waals surface area contributed by atoms with Crippen LogP contribution in [0.15, 0.2) is 12.4 Å². The SMILES string of the molecule is Cn1ccnc1CNC(=O)NC(C)(C(=O)O)C(F)(F)F. The fraction of sp³-hybridized carbons (Fsp3) is 0.500. The molecule has 0 saturated heterocycles. The minimum Gasteiger partial charge on any atom is -0.479 e. The molecule has 1 aromatic rings. The van der Waals surface area contributed by atoms with E-state index in [0.29, 0.717) is 12.7 Å². The third-order valence-electron chi connectivity index (χ3n) is 2.69. The zero-order chi connectivity index (χ0) is 15.6. The van der Waals surface area contributed by atoms with Gasteiger partial charge < -0.3 is 20.3 Å². The van der Waals surface area contributed by atoms with E-state index in [1.807, 2.05) is 0 Å². The molecule has 10 heteroatoms. The number of nitrogens with zero attached hydrogens (tertiary/aromatic N) is 2. The summed E-state index contributed by atoms with van der Waals surface area (Å²) in [6, 6.07) is -1.25. The number of imidazole rings is 1. The van der Waals surface area contributed by atoms with Crippen LogP contribution >= 0.6 is 0 Å². The van der Waals surface area contributed by atoms with E-state index in [1.54, 1.807) is 17.8 Å². The molecule has 7 nitrogen and oxygen atoms in total. The molecule has 1 heterocycles. The number of hydrogen-bond acceptors (Lipinski definition) is 3. The Kier molecular flexibility index (Phi) is 4.26. The normalized spacial score (nSPS) is 14.4. The van der Waals surface area contributed by atoms with Gasteiger partial charge in [-0.25, -0.2) is 14.6 Å². The molecule has 0 bridgehead atoms. The first-order chi connectivity index (χ1) is 9.08. The zero-order valence-electron chi connectivity index (χ0n) is 10.7. The number of aliphatic carboxylic acids is 1. The Labute approximate surface area is 111 Å². The van der Waals surface area contributed by atoms with Gasteiger partial charge in [-0.15, -0.1) is 0 Å². The van der Waals surface area contributed by atoms with Crippen molar-refractivity contribution in [1.29, 1.82) is 0 Å². The van der Waals surface area contributed by atoms with Gasteiger partial charge in [-0.2, -0.15) is 13.2 Å². The molecule has 20 heavy (non-hydrogen) atoms. The van der Waals surface area contributed by atoms with Crippen molar-refractivity contribution in [2.75, 3.05) is 0 Å². The van der Waals surface area contributed by atoms with Crippen molar-refractivity contribution in [3.05, 3.63) is 18.2 Å². The lowest BCUT2D eigenvalue weighted by molar-refractivity contribution is -0.203. The molecule has 0 aliphatic heterocycles. The highest BCUT2D eigenvalue weighted by Crippen LogP contribution is 2.30. The zero-order valence-corrected chi connectivity index (χ0v) is 10.7. The Morgan fingerprint density at radius 3 is 2.45 bits per heavy atom. The minimum atomic E-state index is -5.13. The Bertz CT molecular complexity index is 514. The van der Waals surface area contributed by atoms with Crippen molar-refractivity contribution in [2.45, 2.75) is 25.2 Å². The van der Waals surface area contributed by atoms with Crippen LogP contribution in [0.3, 0.4) is 0 Å². The molecule has 0 saturated carbocycles. The molecule has 0 aliphatic rings. The molecule has 1 aromatic heterocycles. The molecular weight excluding hydrogens is 281 g/mol. The molecule has 0 aromatic carbocycles. The second-order valence-corrected chi connectivity index (χ2v) is 4.19. The Hall–Kier alpha value is -2.26. The maximum Gasteiger partial charge on any atom is 0.422 e. The van der Waals surface area contributed by atoms with Crippen molar-refractivity contribution in [2.24, 2.45) is 7.05 Å². The van der Waals surface area contributed by atoms with Gasteiger partial charge in [-0.3, -0.25) is 0 Å². The van der Waals surface area contributed by atoms with Crippen LogP contribution in [-0.4, -0.2) is 38.4 Å². The van der Waals surface area contributed by atoms with Gasteiger partial charge in [0, 0.05) is 19.4 Å². The lowest BCUT2D eigenvalue weighted by Gasteiger charge is -2.28. The molecule has 1 unspecified atom stereocenters. The van der Waals surface area contributed by atoms with E-state index < -0.39 is 23.7 Å². The van der Waals surface area contributed by atoms with Crippen LogP contribution in [0.4, 0.5) is 18.0 Å². The Morgan fingerprint density at radius 1 is 1.45 bits per heavy atom. The third kappa shape index (κ3) is 3.19. The molecule has 0 fully saturated rings. The van der Waals surface area contributed by atoms with Crippen molar-refractivity contribution >= 4 is 12.0 Å². The largest absolute Gasteiger partial charge is 0.479 e. The molecule has 1 atom stereocenters. The third-order valence-corrected chi connectivity index (χ3v) is 2.69. The summed E-state index contributed by atoms with van der Waals surface area (Å²) in [6.45, 7) is 0.235. The Morgan fingerprint density at radius 2 is 2.05 bits per heavy atom. The Balaban J connectivity index is 2.69. The average Bonchev–Trinajstić information content (AvgIpc) is 2.70. The standard InChI is InChI=1S/C10H13F3N4O3/c1-9(7(18)19,10(11,12)13)16-8(20)15-5-6-14-3-4-17(6)2/h3-4H,5H2,1-2H3,(H,18,19)(H2,15,16,20). The smallest absolute Gasteiger partial charge is 0.422 e. The molecular formula is C10H13F3N4O3. The lowest BCUT2D eigenvalue weighted by atomic mass is 10.0. The second-order valence-electron chi connectivity index (χ2n) is 4.19. The number of halogens is 3. The number of aryl methyl sites for hydroxylation is 1. The molecule has 0 radical (unpaired) electrons. The summed E-state index contributed by atoms with van der Waals surface area (Å²) in [5.74, 6) is -1.79. The maximum atomic E-state index is 12.7. The van der Waals surface area contributed by atoms with E-state index in [0.717, 1.165) is 0 Å². The van der Waals surface area contributed by atoms with E-state index in [4.69, 9.17) is 5.11 Å². The highest BCUT2D eigenvalue weighted by molar-refractivity contribution is 5.86. The number of nitrogens with one attached hydrogen (secondary N) is 2. The summed E-state index contributed by atoms with van der Waals surface area (Å²) in [7, 11) is 1.64. The minimum absolute atomic E-state index is 0.136. The molecule has 112 valence electrons. The summed E-state index contributed by atoms with van der Waals surface area (Å²) in [4.78, 5) is 26.0. The number of aromatic nitrogens is 2. The molecule has 2 amide bonds. The maximum absolute atomic E-state index is 12.7. The topological polar surface area (TPSA) is 96.3 Å². The molecule has 0 aliphatic carbocycles. The highest BCUT2D eigenvalue weighted by atomic mass is 19.4. The number of carboxylic acid groups (broad SMARTS) is 1. The monoisotopic (exact) mass is 294 g/mol. The van der Waals surface area contributed by atoms with Gasteiger partial charge in [-0.05, 0) is 6.92 Å². The van der Waals surface area contributed by atoms with Gasteiger partial charge in [0.1, 0.15) is 5.82 Å². The summed E-state index contributed by atoms with van der Waals surface area (Å²) >= 11 is 0. The number of amides is 2. The molecule has 0 spiro atoms. The van der Waals surface area contributed by atoms with Crippen molar-refractivity contribution in [1.82, 2.24) is 20.2 Å². The van der Waals surface area contributed by atoms with Crippen molar-refractivity contribution < 1.29 is 27.9 Å². The van der Waals surface area contributed by atoms with E-state index in [2.05, 4.69) is 10.3 Å². The highest BCUT2D eigenvalue weighted by Gasteiger charge is 2.58. The number of hydrogen-bond donors (Lipinski definition) is 3. The van der Waals surface area contributed by atoms with Crippen LogP contribution in [0.25, 0.3) is 0 Å². The van der Waals surface area contributed by atoms with Crippen LogP contribution in [0, 0.1) is 0 Å². The summed E-state index contributed by atoms with van der Waals surface area (Å²) < 4.78 is 39.5. The van der Waals surface area contributed by atoms with Crippen LogP contribution in [-0.2, 0) is 18.4 Å². The summed E-state index contributed by atoms with van der Waals surface area (Å²) in [6.07, 6.45) is -2.09. The predicted octanol–water partition coefficient (Wildman–Crippen LogP) is 0.625. The van der Waals surface area contributed by atoms with Gasteiger partial charge >= 0.3 is 18.2 Å². The first kappa shape index (κ1) is 15.8. The average molecular weight is 294 g/mol. The van der Waals surface area contributed by atoms with Crippen LogP contribution in [0.5, 0.6) is 0 Å². The van der Waals surface area contributed by atoms with Gasteiger partial charge in [-0.1, -0.05) is 0 Å². The van der Waals surface area contributed by atoms with E-state index in [-0.39, 0.29) is 6.54 Å². The van der Waals surface area contributed by atoms with E-state index in [9.17, 15) is 22.8 Å². The van der Waals surface area contributed by atoms with Gasteiger partial charge in [0.25, 0.3) is 0 Å². The van der Waals surface area contributed by atoms with Crippen LogP contribution in [0.1, 0.15) is 12.7 Å². The first-order valence-electron chi connectivity index (χ1n) is 5.40. The number of carbonyl (C=O) groups excluding carboxylic acids is 1. The van der Waals surface area contributed by atoms with E-state index in [1.165, 1.54) is 11.5 Å². The quantitative estimate of drug-likeness (QED) is 0.758. The summed E-state index contributed by atoms with van der Waals surface area (Å²) in [5, 5.41) is 12.1. The molecule has 1 rings (SSSR count). The summed E-state index contributed by atoms with van der Waals surface area (Å²) in [5.41, 5.74) is -3.36. The second kappa shape index (κ2) is 5.39.